The first-order valence-corrected chi connectivity index (χ1v) is 6.23. The lowest BCUT2D eigenvalue weighted by atomic mass is 10.1. The van der Waals surface area contributed by atoms with Crippen LogP contribution in [0, 0.1) is 0 Å². The van der Waals surface area contributed by atoms with E-state index >= 15 is 0 Å². The molecule has 1 rings (SSSR count). The number of hydrogen-bond donors (Lipinski definition) is 1. The van der Waals surface area contributed by atoms with Gasteiger partial charge in [0.1, 0.15) is 6.61 Å². The topological polar surface area (TPSA) is 72.4 Å². The summed E-state index contributed by atoms with van der Waals surface area (Å²) in [6.45, 7) is 7.31. The summed E-state index contributed by atoms with van der Waals surface area (Å²) in [5.41, 5.74) is -0.113. The van der Waals surface area contributed by atoms with E-state index in [-0.39, 0.29) is 17.6 Å². The zero-order valence-corrected chi connectivity index (χ0v) is 12.5. The Hall–Kier alpha value is -1.63. The first kappa shape index (κ1) is 15.4. The Kier molecular flexibility index (Phi) is 5.29. The van der Waals surface area contributed by atoms with Crippen LogP contribution in [-0.4, -0.2) is 59.7 Å². The number of rotatable bonds is 7. The van der Waals surface area contributed by atoms with Crippen molar-refractivity contribution in [2.75, 3.05) is 39.7 Å². The molecular weight excluding hydrogens is 246 g/mol. The number of anilines is 1. The van der Waals surface area contributed by atoms with Crippen molar-refractivity contribution in [1.82, 2.24) is 19.9 Å². The number of aromatic nitrogens is 3. The Balaban J connectivity index is 2.80. The van der Waals surface area contributed by atoms with Crippen molar-refractivity contribution < 1.29 is 9.47 Å². The third kappa shape index (κ3) is 4.51. The first-order chi connectivity index (χ1) is 8.89. The standard InChI is InChI=1S/C12H23N5O2/c1-7-13-9-14-10(18-6)16-11(15-9)19-8-12(2,3)17(4)5/h7-8H2,1-6H3,(H,13,14,15,16). The fourth-order valence-corrected chi connectivity index (χ4v) is 1.10. The Morgan fingerprint density at radius 2 is 1.79 bits per heavy atom. The number of nitrogens with one attached hydrogen (secondary N) is 1. The lowest BCUT2D eigenvalue weighted by Crippen LogP contribution is -2.43. The van der Waals surface area contributed by atoms with E-state index in [9.17, 15) is 0 Å². The van der Waals surface area contributed by atoms with Gasteiger partial charge < -0.3 is 19.7 Å². The van der Waals surface area contributed by atoms with Crippen molar-refractivity contribution in [2.24, 2.45) is 0 Å². The molecule has 0 unspecified atom stereocenters. The van der Waals surface area contributed by atoms with Gasteiger partial charge in [-0.15, -0.1) is 4.98 Å². The van der Waals surface area contributed by atoms with E-state index in [2.05, 4.69) is 39.0 Å². The van der Waals surface area contributed by atoms with Gasteiger partial charge in [0.15, 0.2) is 0 Å². The summed E-state index contributed by atoms with van der Waals surface area (Å²) < 4.78 is 10.7. The second-order valence-corrected chi connectivity index (χ2v) is 4.95. The van der Waals surface area contributed by atoms with Crippen LogP contribution < -0.4 is 14.8 Å². The zero-order chi connectivity index (χ0) is 14.5. The number of ether oxygens (including phenoxy) is 2. The highest BCUT2D eigenvalue weighted by atomic mass is 16.5. The van der Waals surface area contributed by atoms with Crippen LogP contribution in [0.15, 0.2) is 0 Å². The molecule has 0 aliphatic rings. The molecule has 19 heavy (non-hydrogen) atoms. The molecule has 108 valence electrons. The number of nitrogens with zero attached hydrogens (tertiary/aromatic N) is 4. The summed E-state index contributed by atoms with van der Waals surface area (Å²) in [6.07, 6.45) is 0. The molecule has 0 saturated heterocycles. The Labute approximate surface area is 114 Å². The minimum atomic E-state index is -0.113. The maximum Gasteiger partial charge on any atom is 0.324 e. The fraction of sp³-hybridized carbons (Fsp3) is 0.750. The molecule has 0 fully saturated rings. The van der Waals surface area contributed by atoms with Gasteiger partial charge in [-0.05, 0) is 34.9 Å². The van der Waals surface area contributed by atoms with Gasteiger partial charge in [0.05, 0.1) is 7.11 Å². The molecule has 7 nitrogen and oxygen atoms in total. The third-order valence-electron chi connectivity index (χ3n) is 2.88. The van der Waals surface area contributed by atoms with Crippen molar-refractivity contribution in [3.8, 4) is 12.0 Å². The first-order valence-electron chi connectivity index (χ1n) is 6.23. The average Bonchev–Trinajstić information content (AvgIpc) is 2.36. The van der Waals surface area contributed by atoms with Crippen LogP contribution in [0.4, 0.5) is 5.95 Å². The van der Waals surface area contributed by atoms with Crippen molar-refractivity contribution in [2.45, 2.75) is 26.3 Å². The SMILES string of the molecule is CCNc1nc(OC)nc(OCC(C)(C)N(C)C)n1. The largest absolute Gasteiger partial charge is 0.467 e. The van der Waals surface area contributed by atoms with Crippen molar-refractivity contribution >= 4 is 5.95 Å². The molecule has 0 saturated carbocycles. The van der Waals surface area contributed by atoms with Crippen LogP contribution in [0.5, 0.6) is 12.0 Å². The molecule has 0 atom stereocenters. The molecule has 0 aromatic carbocycles. The Bertz CT molecular complexity index is 409. The summed E-state index contributed by atoms with van der Waals surface area (Å²) >= 11 is 0. The van der Waals surface area contributed by atoms with Crippen LogP contribution in [-0.2, 0) is 0 Å². The van der Waals surface area contributed by atoms with Crippen LogP contribution in [0.1, 0.15) is 20.8 Å². The van der Waals surface area contributed by atoms with E-state index in [4.69, 9.17) is 9.47 Å². The summed E-state index contributed by atoms with van der Waals surface area (Å²) in [7, 11) is 5.52. The second kappa shape index (κ2) is 6.51. The van der Waals surface area contributed by atoms with Crippen LogP contribution in [0.3, 0.4) is 0 Å². The highest BCUT2D eigenvalue weighted by molar-refractivity contribution is 5.27. The van der Waals surface area contributed by atoms with Crippen molar-refractivity contribution in [3.63, 3.8) is 0 Å². The summed E-state index contributed by atoms with van der Waals surface area (Å²) in [5, 5.41) is 3.01. The predicted octanol–water partition coefficient (Wildman–Crippen LogP) is 1.03. The lowest BCUT2D eigenvalue weighted by Gasteiger charge is -2.31. The van der Waals surface area contributed by atoms with Crippen LogP contribution >= 0.6 is 0 Å². The van der Waals surface area contributed by atoms with Crippen molar-refractivity contribution in [1.29, 1.82) is 0 Å². The number of hydrogen-bond acceptors (Lipinski definition) is 7. The van der Waals surface area contributed by atoms with Gasteiger partial charge >= 0.3 is 12.0 Å². The van der Waals surface area contributed by atoms with Crippen molar-refractivity contribution in [3.05, 3.63) is 0 Å². The van der Waals surface area contributed by atoms with Gasteiger partial charge in [0.25, 0.3) is 0 Å². The van der Waals surface area contributed by atoms with Crippen LogP contribution in [0.25, 0.3) is 0 Å². The molecule has 1 N–H and O–H groups in total. The maximum atomic E-state index is 5.64. The smallest absolute Gasteiger partial charge is 0.324 e. The van der Waals surface area contributed by atoms with Gasteiger partial charge in [-0.1, -0.05) is 0 Å². The third-order valence-corrected chi connectivity index (χ3v) is 2.88. The number of likely N-dealkylation sites (N-methyl/N-ethyl adjacent to an activating group) is 1. The summed E-state index contributed by atoms with van der Waals surface area (Å²) in [6, 6.07) is 0.501. The molecule has 7 heteroatoms. The zero-order valence-electron chi connectivity index (χ0n) is 12.5. The minimum absolute atomic E-state index is 0.113. The van der Waals surface area contributed by atoms with E-state index in [0.29, 0.717) is 12.6 Å². The summed E-state index contributed by atoms with van der Waals surface area (Å²) in [5.74, 6) is 0.451. The molecule has 1 heterocycles. The summed E-state index contributed by atoms with van der Waals surface area (Å²) in [4.78, 5) is 14.4. The van der Waals surface area contributed by atoms with Gasteiger partial charge in [-0.3, -0.25) is 0 Å². The highest BCUT2D eigenvalue weighted by Gasteiger charge is 2.22. The lowest BCUT2D eigenvalue weighted by molar-refractivity contribution is 0.107. The van der Waals surface area contributed by atoms with Gasteiger partial charge in [0.2, 0.25) is 5.95 Å². The van der Waals surface area contributed by atoms with E-state index in [1.54, 1.807) is 0 Å². The molecule has 0 bridgehead atoms. The van der Waals surface area contributed by atoms with E-state index in [1.165, 1.54) is 7.11 Å². The quantitative estimate of drug-likeness (QED) is 0.792. The minimum Gasteiger partial charge on any atom is -0.467 e. The molecule has 1 aromatic heterocycles. The Morgan fingerprint density at radius 3 is 2.32 bits per heavy atom. The monoisotopic (exact) mass is 269 g/mol. The van der Waals surface area contributed by atoms with Gasteiger partial charge in [0, 0.05) is 12.1 Å². The predicted molar refractivity (Wildman–Crippen MR) is 73.8 cm³/mol. The number of methoxy groups -OCH3 is 1. The molecule has 0 spiro atoms. The van der Waals surface area contributed by atoms with Gasteiger partial charge in [-0.2, -0.15) is 9.97 Å². The van der Waals surface area contributed by atoms with E-state index < -0.39 is 0 Å². The molecule has 1 aromatic rings. The Morgan fingerprint density at radius 1 is 1.16 bits per heavy atom. The highest BCUT2D eigenvalue weighted by Crippen LogP contribution is 2.16. The molecule has 0 aliphatic carbocycles. The molecular formula is C12H23N5O2. The molecule has 0 amide bonds. The normalized spacial score (nSPS) is 11.5. The van der Waals surface area contributed by atoms with Gasteiger partial charge in [-0.25, -0.2) is 0 Å². The maximum absolute atomic E-state index is 5.64. The van der Waals surface area contributed by atoms with E-state index in [0.717, 1.165) is 6.54 Å². The fourth-order valence-electron chi connectivity index (χ4n) is 1.10. The van der Waals surface area contributed by atoms with Crippen LogP contribution in [0.2, 0.25) is 0 Å². The molecule has 0 aliphatic heterocycles. The molecule has 0 radical (unpaired) electrons. The second-order valence-electron chi connectivity index (χ2n) is 4.95. The average molecular weight is 269 g/mol. The van der Waals surface area contributed by atoms with E-state index in [1.807, 2.05) is 21.0 Å².